The minimum atomic E-state index is -4.69. The summed E-state index contributed by atoms with van der Waals surface area (Å²) in [6.07, 6.45) is 4.57. The first kappa shape index (κ1) is 27.8. The molecule has 1 saturated carbocycles. The number of nitro groups is 1. The summed E-state index contributed by atoms with van der Waals surface area (Å²) < 4.78 is 33.8. The maximum atomic E-state index is 14.3. The number of hydrogen-bond acceptors (Lipinski definition) is 8. The summed E-state index contributed by atoms with van der Waals surface area (Å²) in [5.41, 5.74) is 0.151. The maximum absolute atomic E-state index is 14.3. The number of fused-ring (bicyclic) bond motifs is 1. The van der Waals surface area contributed by atoms with Crippen molar-refractivity contribution in [3.8, 4) is 5.75 Å². The number of nitrogens with one attached hydrogen (secondary N) is 1. The number of carbonyl (C=O) groups is 2. The maximum Gasteiger partial charge on any atom is 0.274 e. The molecule has 0 aromatic heterocycles. The Morgan fingerprint density at radius 1 is 1.21 bits per heavy atom. The van der Waals surface area contributed by atoms with E-state index in [1.807, 2.05) is 0 Å². The molecule has 1 atom stereocenters. The summed E-state index contributed by atoms with van der Waals surface area (Å²) >= 11 is 6.30. The molecule has 0 spiro atoms. The number of methoxy groups -OCH3 is 1. The predicted octanol–water partition coefficient (Wildman–Crippen LogP) is 4.27. The van der Waals surface area contributed by atoms with Crippen LogP contribution in [0.15, 0.2) is 41.3 Å². The van der Waals surface area contributed by atoms with Crippen LogP contribution >= 0.6 is 11.6 Å². The number of amides is 2. The number of benzene rings is 2. The van der Waals surface area contributed by atoms with Crippen LogP contribution in [0, 0.1) is 16.0 Å². The summed E-state index contributed by atoms with van der Waals surface area (Å²) in [6, 6.07) is 7.23. The third-order valence-corrected chi connectivity index (χ3v) is 9.05. The fourth-order valence-electron chi connectivity index (χ4n) is 5.30. The van der Waals surface area contributed by atoms with Gasteiger partial charge in [-0.05, 0) is 43.5 Å². The van der Waals surface area contributed by atoms with Crippen molar-refractivity contribution < 1.29 is 32.5 Å². The van der Waals surface area contributed by atoms with Gasteiger partial charge >= 0.3 is 0 Å². The highest BCUT2D eigenvalue weighted by molar-refractivity contribution is 7.93. The van der Waals surface area contributed by atoms with Gasteiger partial charge in [-0.1, -0.05) is 43.7 Å². The molecule has 1 fully saturated rings. The molecule has 1 unspecified atom stereocenters. The van der Waals surface area contributed by atoms with Gasteiger partial charge in [0.05, 0.1) is 30.4 Å². The second-order valence-corrected chi connectivity index (χ2v) is 11.5. The Kier molecular flexibility index (Phi) is 7.96. The van der Waals surface area contributed by atoms with E-state index in [0.717, 1.165) is 50.3 Å². The van der Waals surface area contributed by atoms with E-state index in [2.05, 4.69) is 5.48 Å². The molecule has 2 aromatic carbocycles. The van der Waals surface area contributed by atoms with Gasteiger partial charge < -0.3 is 4.74 Å². The molecule has 0 radical (unpaired) electrons. The van der Waals surface area contributed by atoms with Crippen molar-refractivity contribution in [3.05, 3.63) is 57.1 Å². The number of carbonyl (C=O) groups excluding carboxylic acids is 2. The normalized spacial score (nSPS) is 19.8. The van der Waals surface area contributed by atoms with Crippen LogP contribution in [0.5, 0.6) is 5.75 Å². The van der Waals surface area contributed by atoms with Crippen LogP contribution < -0.4 is 14.5 Å². The molecule has 1 N–H and O–H groups in total. The second kappa shape index (κ2) is 10.9. The van der Waals surface area contributed by atoms with E-state index in [0.29, 0.717) is 4.31 Å². The smallest absolute Gasteiger partial charge is 0.274 e. The van der Waals surface area contributed by atoms with Gasteiger partial charge in [0.1, 0.15) is 10.6 Å². The molecule has 0 bridgehead atoms. The van der Waals surface area contributed by atoms with Gasteiger partial charge in [-0.25, -0.2) is 18.2 Å². The van der Waals surface area contributed by atoms with Crippen LogP contribution in [0.4, 0.5) is 11.4 Å². The average molecular weight is 566 g/mol. The van der Waals surface area contributed by atoms with Crippen LogP contribution in [0.3, 0.4) is 0 Å². The Morgan fingerprint density at radius 2 is 1.92 bits per heavy atom. The zero-order valence-electron chi connectivity index (χ0n) is 20.9. The molecule has 38 heavy (non-hydrogen) atoms. The van der Waals surface area contributed by atoms with Gasteiger partial charge in [0.15, 0.2) is 5.41 Å². The van der Waals surface area contributed by atoms with E-state index < -0.39 is 37.1 Å². The molecular weight excluding hydrogens is 538 g/mol. The zero-order chi connectivity index (χ0) is 27.7. The summed E-state index contributed by atoms with van der Waals surface area (Å²) in [5, 5.41) is 11.5. The summed E-state index contributed by atoms with van der Waals surface area (Å²) in [4.78, 5) is 43.3. The molecule has 4 rings (SSSR count). The van der Waals surface area contributed by atoms with Crippen molar-refractivity contribution in [2.45, 2.75) is 55.8 Å². The van der Waals surface area contributed by atoms with Gasteiger partial charge in [0.2, 0.25) is 0 Å². The molecule has 2 amide bonds. The molecule has 2 aliphatic rings. The van der Waals surface area contributed by atoms with Crippen LogP contribution in [0.1, 0.15) is 51.0 Å². The monoisotopic (exact) mass is 565 g/mol. The molecule has 1 heterocycles. The zero-order valence-corrected chi connectivity index (χ0v) is 22.5. The van der Waals surface area contributed by atoms with E-state index >= 15 is 0 Å². The van der Waals surface area contributed by atoms with Crippen molar-refractivity contribution in [3.63, 3.8) is 0 Å². The van der Waals surface area contributed by atoms with E-state index in [9.17, 15) is 28.1 Å². The summed E-state index contributed by atoms with van der Waals surface area (Å²) in [7, 11) is -3.53. The first-order chi connectivity index (χ1) is 18.1. The highest BCUT2D eigenvalue weighted by Crippen LogP contribution is 2.51. The fourth-order valence-corrected chi connectivity index (χ4v) is 7.10. The fraction of sp³-hybridized carbons (Fsp3) is 0.440. The van der Waals surface area contributed by atoms with Crippen LogP contribution in [0.25, 0.3) is 0 Å². The topological polar surface area (TPSA) is 145 Å². The standard InChI is InChI=1S/C25H28ClN3O8S/c1-3-37-27-23(30)25(15-16-7-5-4-6-8-16)19-13-17(26)9-11-20(19)28(24(25)31)38(34,35)22-12-10-18(29(32)33)14-21(22)36-2/h9-14,16H,3-8,15H2,1-2H3,(H,27,30). The lowest BCUT2D eigenvalue weighted by Crippen LogP contribution is -2.53. The van der Waals surface area contributed by atoms with E-state index in [1.54, 1.807) is 6.92 Å². The molecule has 13 heteroatoms. The average Bonchev–Trinajstić information content (AvgIpc) is 3.15. The number of nitro benzene ring substituents is 1. The number of halogens is 1. The lowest BCUT2D eigenvalue weighted by atomic mass is 9.70. The Bertz CT molecular complexity index is 1380. The van der Waals surface area contributed by atoms with Crippen LogP contribution in [-0.4, -0.2) is 38.9 Å². The molecule has 0 saturated heterocycles. The van der Waals surface area contributed by atoms with Crippen molar-refractivity contribution in [1.82, 2.24) is 5.48 Å². The van der Waals surface area contributed by atoms with Crippen LogP contribution in [-0.2, 0) is 29.9 Å². The molecule has 204 valence electrons. The molecule has 11 nitrogen and oxygen atoms in total. The molecule has 2 aromatic rings. The predicted molar refractivity (Wildman–Crippen MR) is 138 cm³/mol. The van der Waals surface area contributed by atoms with Gasteiger partial charge in [-0.2, -0.15) is 0 Å². The number of rotatable bonds is 9. The SMILES string of the molecule is CCONC(=O)C1(CC2CCCCC2)C(=O)N(S(=O)(=O)c2ccc([N+](=O)[O-])cc2OC)c2ccc(Cl)cc21. The molecule has 1 aliphatic carbocycles. The third-order valence-electron chi connectivity index (χ3n) is 7.08. The van der Waals surface area contributed by atoms with Gasteiger partial charge in [-0.3, -0.25) is 24.5 Å². The minimum absolute atomic E-state index is 0.0107. The third kappa shape index (κ3) is 4.72. The van der Waals surface area contributed by atoms with E-state index in [1.165, 1.54) is 25.3 Å². The van der Waals surface area contributed by atoms with Crippen molar-refractivity contribution in [2.24, 2.45) is 5.92 Å². The van der Waals surface area contributed by atoms with Gasteiger partial charge in [0.25, 0.3) is 27.5 Å². The van der Waals surface area contributed by atoms with Gasteiger partial charge in [-0.15, -0.1) is 0 Å². The van der Waals surface area contributed by atoms with E-state index in [-0.39, 0.29) is 46.7 Å². The number of hydroxylamine groups is 1. The lowest BCUT2D eigenvalue weighted by Gasteiger charge is -2.32. The quantitative estimate of drug-likeness (QED) is 0.269. The van der Waals surface area contributed by atoms with Crippen molar-refractivity contribution in [2.75, 3.05) is 18.0 Å². The lowest BCUT2D eigenvalue weighted by molar-refractivity contribution is -0.385. The number of nitrogens with zero attached hydrogens (tertiary/aromatic N) is 2. The Labute approximate surface area is 225 Å². The molecular formula is C25H28ClN3O8S. The summed E-state index contributed by atoms with van der Waals surface area (Å²) in [5.74, 6) is -2.08. The van der Waals surface area contributed by atoms with Crippen molar-refractivity contribution >= 4 is 44.8 Å². The summed E-state index contributed by atoms with van der Waals surface area (Å²) in [6.45, 7) is 1.79. The highest BCUT2D eigenvalue weighted by Gasteiger charge is 2.60. The van der Waals surface area contributed by atoms with Gasteiger partial charge in [0, 0.05) is 16.7 Å². The number of non-ortho nitro benzene ring substituents is 1. The number of hydrogen-bond donors (Lipinski definition) is 1. The Balaban J connectivity index is 1.91. The number of anilines is 1. The first-order valence-corrected chi connectivity index (χ1v) is 14.0. The number of ether oxygens (including phenoxy) is 1. The largest absolute Gasteiger partial charge is 0.495 e. The Hall–Kier alpha value is -3.22. The van der Waals surface area contributed by atoms with Crippen LogP contribution in [0.2, 0.25) is 5.02 Å². The second-order valence-electron chi connectivity index (χ2n) is 9.31. The van der Waals surface area contributed by atoms with Crippen molar-refractivity contribution in [1.29, 1.82) is 0 Å². The highest BCUT2D eigenvalue weighted by atomic mass is 35.5. The first-order valence-electron chi connectivity index (χ1n) is 12.2. The minimum Gasteiger partial charge on any atom is -0.495 e. The molecule has 1 aliphatic heterocycles. The van der Waals surface area contributed by atoms with E-state index in [4.69, 9.17) is 21.2 Å². The Morgan fingerprint density at radius 3 is 2.55 bits per heavy atom. The number of sulfonamides is 1.